The van der Waals surface area contributed by atoms with Gasteiger partial charge in [0, 0.05) is 6.42 Å². The van der Waals surface area contributed by atoms with Gasteiger partial charge in [0.1, 0.15) is 6.10 Å². The van der Waals surface area contributed by atoms with E-state index in [1.165, 1.54) is 109 Å². The zero-order valence-electron chi connectivity index (χ0n) is 38.6. The molecule has 0 saturated carbocycles. The van der Waals surface area contributed by atoms with E-state index in [1.54, 1.807) is 0 Å². The van der Waals surface area contributed by atoms with Crippen molar-refractivity contribution in [3.05, 3.63) is 72.9 Å². The van der Waals surface area contributed by atoms with Crippen LogP contribution < -0.4 is 5.32 Å². The Labute approximate surface area is 364 Å². The summed E-state index contributed by atoms with van der Waals surface area (Å²) in [6, 6.07) is -0.739. The van der Waals surface area contributed by atoms with Gasteiger partial charge in [0.05, 0.1) is 25.2 Å². The number of hydrogen-bond acceptors (Lipinski definition) is 5. The van der Waals surface area contributed by atoms with E-state index >= 15 is 0 Å². The van der Waals surface area contributed by atoms with Crippen LogP contribution in [0.15, 0.2) is 72.9 Å². The molecule has 0 aromatic rings. The summed E-state index contributed by atoms with van der Waals surface area (Å²) in [5.41, 5.74) is 0. The fraction of sp³-hybridized carbons (Fsp3) is 0.736. The van der Waals surface area contributed by atoms with Gasteiger partial charge < -0.3 is 20.3 Å². The molecule has 0 radical (unpaired) electrons. The largest absolute Gasteiger partial charge is 0.458 e. The Morgan fingerprint density at radius 3 is 1.56 bits per heavy atom. The van der Waals surface area contributed by atoms with Crippen LogP contribution in [0.3, 0.4) is 0 Å². The lowest BCUT2D eigenvalue weighted by Crippen LogP contribution is -2.46. The highest BCUT2D eigenvalue weighted by Crippen LogP contribution is 2.16. The Morgan fingerprint density at radius 2 is 1.02 bits per heavy atom. The first-order valence-corrected chi connectivity index (χ1v) is 24.7. The molecule has 1 amide bonds. The van der Waals surface area contributed by atoms with E-state index in [4.69, 9.17) is 4.74 Å². The molecule has 0 aliphatic carbocycles. The Hall–Kier alpha value is -2.70. The molecule has 0 fully saturated rings. The Balaban J connectivity index is 4.66. The number of amides is 1. The summed E-state index contributed by atoms with van der Waals surface area (Å²) < 4.78 is 5.80. The van der Waals surface area contributed by atoms with E-state index in [0.29, 0.717) is 19.3 Å². The second kappa shape index (κ2) is 46.4. The fourth-order valence-corrected chi connectivity index (χ4v) is 7.11. The standard InChI is InChI=1S/C53H93NO5/c1-4-7-10-13-16-19-22-24-26-28-31-34-37-40-43-46-53(58)59-49(44-41-38-35-32-29-21-18-15-12-9-6-3)47-52(57)54-50(48-55)51(56)45-42-39-36-33-30-27-25-23-20-17-14-11-8-5-2/h7,10,13,16,19,22,24,26,32,35,41,44,49-51,55-56H,4-6,8-9,11-12,14-15,17-18,20-21,23,25,27-31,33-34,36-40,42-43,45-48H2,1-3H3,(H,54,57)/b10-7+,16-13+,22-19+,26-24-,35-32-,44-41+. The van der Waals surface area contributed by atoms with Crippen molar-refractivity contribution in [2.24, 2.45) is 0 Å². The van der Waals surface area contributed by atoms with Crippen molar-refractivity contribution >= 4 is 11.9 Å². The maximum absolute atomic E-state index is 13.1. The number of esters is 1. The van der Waals surface area contributed by atoms with Crippen LogP contribution in [-0.2, 0) is 14.3 Å². The number of carbonyl (C=O) groups excluding carboxylic acids is 2. The zero-order chi connectivity index (χ0) is 43.1. The van der Waals surface area contributed by atoms with Gasteiger partial charge in [0.2, 0.25) is 5.91 Å². The molecule has 0 rings (SSSR count). The van der Waals surface area contributed by atoms with Crippen molar-refractivity contribution in [1.29, 1.82) is 0 Å². The smallest absolute Gasteiger partial charge is 0.306 e. The lowest BCUT2D eigenvalue weighted by molar-refractivity contribution is -0.148. The first-order chi connectivity index (χ1) is 29.0. The molecule has 3 unspecified atom stereocenters. The maximum atomic E-state index is 13.1. The normalized spacial score (nSPS) is 13.9. The highest BCUT2D eigenvalue weighted by Gasteiger charge is 2.23. The number of ether oxygens (including phenoxy) is 1. The molecule has 0 aromatic carbocycles. The van der Waals surface area contributed by atoms with Gasteiger partial charge in [-0.25, -0.2) is 0 Å². The highest BCUT2D eigenvalue weighted by atomic mass is 16.5. The van der Waals surface area contributed by atoms with Crippen molar-refractivity contribution < 1.29 is 24.5 Å². The molecule has 3 atom stereocenters. The number of carbonyl (C=O) groups is 2. The molecule has 0 aromatic heterocycles. The fourth-order valence-electron chi connectivity index (χ4n) is 7.11. The molecule has 0 bridgehead atoms. The van der Waals surface area contributed by atoms with E-state index in [0.717, 1.165) is 70.6 Å². The van der Waals surface area contributed by atoms with Crippen LogP contribution in [0.5, 0.6) is 0 Å². The average molecular weight is 824 g/mol. The summed E-state index contributed by atoms with van der Waals surface area (Å²) in [4.78, 5) is 26.0. The molecule has 6 heteroatoms. The maximum Gasteiger partial charge on any atom is 0.306 e. The molecule has 6 nitrogen and oxygen atoms in total. The SMILES string of the molecule is CC/C=C/C=C/C=C/C=C\CCCCCCCC(=O)OC(/C=C/C/C=C\CCCCCCCC)CC(=O)NC(CO)C(O)CCCCCCCCCCCCCCCC. The third-order valence-electron chi connectivity index (χ3n) is 10.9. The molecule has 3 N–H and O–H groups in total. The lowest BCUT2D eigenvalue weighted by atomic mass is 10.0. The minimum absolute atomic E-state index is 0.0410. The van der Waals surface area contributed by atoms with Crippen molar-refractivity contribution in [2.45, 2.75) is 244 Å². The summed E-state index contributed by atoms with van der Waals surface area (Å²) in [6.07, 6.45) is 58.4. The zero-order valence-corrected chi connectivity index (χ0v) is 38.6. The van der Waals surface area contributed by atoms with Gasteiger partial charge in [0.25, 0.3) is 0 Å². The number of hydrogen-bond donors (Lipinski definition) is 3. The molecular formula is C53H93NO5. The van der Waals surface area contributed by atoms with Gasteiger partial charge in [0.15, 0.2) is 0 Å². The number of aliphatic hydroxyl groups excluding tert-OH is 2. The first kappa shape index (κ1) is 56.3. The number of aliphatic hydroxyl groups is 2. The Bertz CT molecular complexity index is 1110. The van der Waals surface area contributed by atoms with Crippen LogP contribution in [0.4, 0.5) is 0 Å². The Kier molecular flexibility index (Phi) is 44.2. The van der Waals surface area contributed by atoms with E-state index in [1.807, 2.05) is 30.4 Å². The summed E-state index contributed by atoms with van der Waals surface area (Å²) in [5.74, 6) is -0.633. The van der Waals surface area contributed by atoms with Crippen molar-refractivity contribution in [3.63, 3.8) is 0 Å². The number of allylic oxidation sites excluding steroid dienone is 11. The quantitative estimate of drug-likeness (QED) is 0.0246. The van der Waals surface area contributed by atoms with Crippen LogP contribution in [0, 0.1) is 0 Å². The topological polar surface area (TPSA) is 95.9 Å². The third kappa shape index (κ3) is 41.8. The molecule has 0 spiro atoms. The second-order valence-electron chi connectivity index (χ2n) is 16.6. The van der Waals surface area contributed by atoms with Crippen LogP contribution in [0.1, 0.15) is 226 Å². The molecular weight excluding hydrogens is 731 g/mol. The molecule has 0 aliphatic heterocycles. The minimum atomic E-state index is -0.817. The molecule has 59 heavy (non-hydrogen) atoms. The van der Waals surface area contributed by atoms with E-state index < -0.39 is 18.2 Å². The van der Waals surface area contributed by atoms with Gasteiger partial charge in [-0.1, -0.05) is 229 Å². The predicted octanol–water partition coefficient (Wildman–Crippen LogP) is 14.6. The molecule has 0 aliphatic rings. The summed E-state index contributed by atoms with van der Waals surface area (Å²) in [6.45, 7) is 6.29. The summed E-state index contributed by atoms with van der Waals surface area (Å²) in [5, 5.41) is 23.7. The van der Waals surface area contributed by atoms with Gasteiger partial charge in [-0.05, 0) is 57.4 Å². The predicted molar refractivity (Wildman–Crippen MR) is 255 cm³/mol. The van der Waals surface area contributed by atoms with Gasteiger partial charge in [-0.3, -0.25) is 9.59 Å². The monoisotopic (exact) mass is 824 g/mol. The minimum Gasteiger partial charge on any atom is -0.458 e. The van der Waals surface area contributed by atoms with Gasteiger partial charge in [-0.15, -0.1) is 0 Å². The van der Waals surface area contributed by atoms with Crippen molar-refractivity contribution in [1.82, 2.24) is 5.32 Å². The number of rotatable bonds is 43. The van der Waals surface area contributed by atoms with Crippen LogP contribution in [0.2, 0.25) is 0 Å². The lowest BCUT2D eigenvalue weighted by Gasteiger charge is -2.23. The third-order valence-corrected chi connectivity index (χ3v) is 10.9. The number of nitrogens with one attached hydrogen (secondary N) is 1. The van der Waals surface area contributed by atoms with E-state index in [9.17, 15) is 19.8 Å². The average Bonchev–Trinajstić information content (AvgIpc) is 3.23. The van der Waals surface area contributed by atoms with Crippen LogP contribution >= 0.6 is 0 Å². The Morgan fingerprint density at radius 1 is 0.542 bits per heavy atom. The van der Waals surface area contributed by atoms with Crippen molar-refractivity contribution in [2.75, 3.05) is 6.61 Å². The van der Waals surface area contributed by atoms with Gasteiger partial charge >= 0.3 is 5.97 Å². The van der Waals surface area contributed by atoms with Gasteiger partial charge in [-0.2, -0.15) is 0 Å². The number of unbranched alkanes of at least 4 members (excludes halogenated alkanes) is 24. The van der Waals surface area contributed by atoms with Crippen LogP contribution in [0.25, 0.3) is 0 Å². The highest BCUT2D eigenvalue weighted by molar-refractivity contribution is 5.78. The molecule has 0 heterocycles. The van der Waals surface area contributed by atoms with Crippen molar-refractivity contribution in [3.8, 4) is 0 Å². The van der Waals surface area contributed by atoms with Crippen LogP contribution in [-0.4, -0.2) is 46.9 Å². The molecule has 340 valence electrons. The second-order valence-corrected chi connectivity index (χ2v) is 16.6. The summed E-state index contributed by atoms with van der Waals surface area (Å²) >= 11 is 0. The van der Waals surface area contributed by atoms with E-state index in [2.05, 4.69) is 68.6 Å². The molecule has 0 saturated heterocycles. The van der Waals surface area contributed by atoms with E-state index in [-0.39, 0.29) is 24.9 Å². The first-order valence-electron chi connectivity index (χ1n) is 24.7. The summed E-state index contributed by atoms with van der Waals surface area (Å²) in [7, 11) is 0.